The van der Waals surface area contributed by atoms with Crippen molar-refractivity contribution in [3.05, 3.63) is 47.5 Å². The van der Waals surface area contributed by atoms with Crippen LogP contribution in [0.25, 0.3) is 0 Å². The van der Waals surface area contributed by atoms with Gasteiger partial charge in [0.2, 0.25) is 0 Å². The lowest BCUT2D eigenvalue weighted by Crippen LogP contribution is -2.68. The van der Waals surface area contributed by atoms with E-state index in [-0.39, 0.29) is 5.78 Å². The molecule has 222 valence electrons. The summed E-state index contributed by atoms with van der Waals surface area (Å²) < 4.78 is 22.2. The number of hydrogen-bond donors (Lipinski definition) is 1. The highest BCUT2D eigenvalue weighted by Crippen LogP contribution is 2.67. The third kappa shape index (κ3) is 4.14. The van der Waals surface area contributed by atoms with Crippen molar-refractivity contribution in [2.24, 2.45) is 39.9 Å². The van der Waals surface area contributed by atoms with E-state index in [1.54, 1.807) is 19.3 Å². The van der Waals surface area contributed by atoms with E-state index in [1.165, 1.54) is 19.4 Å². The van der Waals surface area contributed by atoms with Gasteiger partial charge >= 0.3 is 17.9 Å². The van der Waals surface area contributed by atoms with Crippen molar-refractivity contribution < 1.29 is 42.9 Å². The van der Waals surface area contributed by atoms with E-state index in [0.29, 0.717) is 19.3 Å². The number of furan rings is 1. The van der Waals surface area contributed by atoms with E-state index in [1.807, 2.05) is 40.7 Å². The summed E-state index contributed by atoms with van der Waals surface area (Å²) >= 11 is 0. The van der Waals surface area contributed by atoms with Gasteiger partial charge in [-0.3, -0.25) is 9.59 Å². The molecular formula is C32H40O9. The van der Waals surface area contributed by atoms with Crippen molar-refractivity contribution in [1.29, 1.82) is 0 Å². The summed E-state index contributed by atoms with van der Waals surface area (Å²) in [5.41, 5.74) is -0.494. The van der Waals surface area contributed by atoms with Crippen LogP contribution in [0.5, 0.6) is 0 Å². The number of allylic oxidation sites excluding steroid dienone is 1. The Labute approximate surface area is 240 Å². The molecule has 0 aromatic carbocycles. The van der Waals surface area contributed by atoms with Gasteiger partial charge in [0.1, 0.15) is 18.0 Å². The number of hydrogen-bond acceptors (Lipinski definition) is 9. The molecular weight excluding hydrogens is 528 g/mol. The van der Waals surface area contributed by atoms with E-state index in [0.717, 1.165) is 16.7 Å². The summed E-state index contributed by atoms with van der Waals surface area (Å²) in [6.45, 7) is 11.2. The first-order valence-corrected chi connectivity index (χ1v) is 14.4. The number of esters is 3. The zero-order valence-electron chi connectivity index (χ0n) is 24.8. The minimum Gasteiger partial charge on any atom is -0.472 e. The summed E-state index contributed by atoms with van der Waals surface area (Å²) in [6, 6.07) is 1.78. The fourth-order valence-corrected chi connectivity index (χ4v) is 8.29. The largest absolute Gasteiger partial charge is 0.472 e. The molecule has 4 aliphatic rings. The smallest absolute Gasteiger partial charge is 0.335 e. The molecule has 9 heteroatoms. The molecule has 2 saturated carbocycles. The number of aliphatic hydroxyl groups excluding tert-OH is 1. The molecule has 0 spiro atoms. The Bertz CT molecular complexity index is 1320. The van der Waals surface area contributed by atoms with Crippen LogP contribution < -0.4 is 0 Å². The molecule has 1 aromatic rings. The van der Waals surface area contributed by atoms with E-state index in [4.69, 9.17) is 18.6 Å². The number of carbonyl (C=O) groups excluding carboxylic acids is 4. The SMILES string of the molecule is CCC(C)C(=O)O[C@@H]1[C@@H]2C=C3C4=CC(=O)O[C@@H](c5ccoc5)[C@]4(C)CC[C@@H]3[C@@](C)(C2=O)[C@@H](C(O)C(=O)OC)C1(C)C. The second kappa shape index (κ2) is 9.96. The van der Waals surface area contributed by atoms with Crippen molar-refractivity contribution in [2.45, 2.75) is 79.1 Å². The standard InChI is InChI=1S/C32H40O9/c1-8-16(2)28(36)41-27-19-13-18-20(32(6,25(19)35)24(30(27,3)4)23(34)29(37)38-7)9-11-31(5)21(18)14-22(33)40-26(31)17-10-12-39-15-17/h10,12-16,19-20,23-24,26-27,34H,8-9,11H2,1-7H3/t16?,19-,20+,23?,24+,26+,27-,31-,32-/m1/s1. The molecule has 2 fully saturated rings. The lowest BCUT2D eigenvalue weighted by molar-refractivity contribution is -0.207. The molecule has 0 radical (unpaired) electrons. The van der Waals surface area contributed by atoms with Crippen molar-refractivity contribution in [2.75, 3.05) is 7.11 Å². The average molecular weight is 569 g/mol. The molecule has 1 aliphatic heterocycles. The highest BCUT2D eigenvalue weighted by atomic mass is 16.6. The Morgan fingerprint density at radius 2 is 1.88 bits per heavy atom. The van der Waals surface area contributed by atoms with Crippen molar-refractivity contribution in [1.82, 2.24) is 0 Å². The fourth-order valence-electron chi connectivity index (χ4n) is 8.29. The number of aliphatic hydroxyl groups is 1. The van der Waals surface area contributed by atoms with Crippen LogP contribution in [0.1, 0.15) is 72.5 Å². The maximum atomic E-state index is 14.5. The Balaban J connectivity index is 1.70. The quantitative estimate of drug-likeness (QED) is 0.389. The summed E-state index contributed by atoms with van der Waals surface area (Å²) in [7, 11) is 1.20. The lowest BCUT2D eigenvalue weighted by atomic mass is 9.41. The third-order valence-electron chi connectivity index (χ3n) is 10.6. The van der Waals surface area contributed by atoms with Gasteiger partial charge in [0.15, 0.2) is 6.10 Å². The van der Waals surface area contributed by atoms with Crippen LogP contribution in [0.15, 0.2) is 46.3 Å². The molecule has 0 amide bonds. The third-order valence-corrected chi connectivity index (χ3v) is 10.6. The van der Waals surface area contributed by atoms with Gasteiger partial charge in [-0.15, -0.1) is 0 Å². The van der Waals surface area contributed by atoms with Gasteiger partial charge in [0.25, 0.3) is 0 Å². The number of cyclic esters (lactones) is 1. The average Bonchev–Trinajstić information content (AvgIpc) is 3.46. The molecule has 9 nitrogen and oxygen atoms in total. The molecule has 1 aromatic heterocycles. The van der Waals surface area contributed by atoms with Gasteiger partial charge in [0, 0.05) is 33.8 Å². The predicted octanol–water partition coefficient (Wildman–Crippen LogP) is 4.50. The minimum absolute atomic E-state index is 0.186. The highest BCUT2D eigenvalue weighted by Gasteiger charge is 2.70. The molecule has 5 rings (SSSR count). The van der Waals surface area contributed by atoms with Crippen molar-refractivity contribution >= 4 is 23.7 Å². The van der Waals surface area contributed by atoms with E-state index < -0.39 is 76.1 Å². The van der Waals surface area contributed by atoms with Crippen molar-refractivity contribution in [3.8, 4) is 0 Å². The van der Waals surface area contributed by atoms with E-state index in [2.05, 4.69) is 0 Å². The molecule has 1 N–H and O–H groups in total. The first kappa shape index (κ1) is 29.3. The van der Waals surface area contributed by atoms with Gasteiger partial charge in [0.05, 0.1) is 31.5 Å². The number of ketones is 1. The van der Waals surface area contributed by atoms with Crippen LogP contribution in [0.3, 0.4) is 0 Å². The van der Waals surface area contributed by atoms with Crippen LogP contribution in [-0.4, -0.2) is 48.1 Å². The Morgan fingerprint density at radius 1 is 1.17 bits per heavy atom. The van der Waals surface area contributed by atoms with Gasteiger partial charge in [-0.05, 0) is 42.4 Å². The van der Waals surface area contributed by atoms with Gasteiger partial charge in [-0.2, -0.15) is 0 Å². The first-order valence-electron chi connectivity index (χ1n) is 14.4. The van der Waals surface area contributed by atoms with E-state index in [9.17, 15) is 24.3 Å². The summed E-state index contributed by atoms with van der Waals surface area (Å²) in [5, 5.41) is 11.5. The second-order valence-corrected chi connectivity index (χ2v) is 13.2. The minimum atomic E-state index is -1.63. The molecule has 2 heterocycles. The number of carbonyl (C=O) groups is 4. The Morgan fingerprint density at radius 3 is 2.49 bits per heavy atom. The van der Waals surface area contributed by atoms with Gasteiger partial charge in [-0.1, -0.05) is 47.6 Å². The van der Waals surface area contributed by atoms with Crippen molar-refractivity contribution in [3.63, 3.8) is 0 Å². The van der Waals surface area contributed by atoms with Crippen LogP contribution in [0.2, 0.25) is 0 Å². The lowest BCUT2D eigenvalue weighted by Gasteiger charge is -2.63. The maximum Gasteiger partial charge on any atom is 0.335 e. The van der Waals surface area contributed by atoms with Crippen LogP contribution in [-0.2, 0) is 33.4 Å². The Hall–Kier alpha value is -3.20. The molecule has 2 unspecified atom stereocenters. The summed E-state index contributed by atoms with van der Waals surface area (Å²) in [4.78, 5) is 53.4. The zero-order chi connectivity index (χ0) is 30.1. The van der Waals surface area contributed by atoms with Crippen LogP contribution >= 0.6 is 0 Å². The number of ether oxygens (including phenoxy) is 3. The van der Waals surface area contributed by atoms with Crippen LogP contribution in [0.4, 0.5) is 0 Å². The predicted molar refractivity (Wildman–Crippen MR) is 146 cm³/mol. The van der Waals surface area contributed by atoms with Gasteiger partial charge in [-0.25, -0.2) is 9.59 Å². The Kier molecular flexibility index (Phi) is 7.12. The zero-order valence-corrected chi connectivity index (χ0v) is 24.8. The topological polar surface area (TPSA) is 129 Å². The number of rotatable bonds is 6. The number of methoxy groups -OCH3 is 1. The summed E-state index contributed by atoms with van der Waals surface area (Å²) in [6.07, 6.45) is 5.02. The monoisotopic (exact) mass is 568 g/mol. The number of Topliss-reactive ketones (excluding diaryl/α,β-unsaturated/α-hetero) is 1. The van der Waals surface area contributed by atoms with Crippen LogP contribution in [0, 0.1) is 39.9 Å². The summed E-state index contributed by atoms with van der Waals surface area (Å²) in [5.74, 6) is -4.52. The highest BCUT2D eigenvalue weighted by molar-refractivity contribution is 5.95. The fraction of sp³-hybridized carbons (Fsp3) is 0.625. The molecule has 2 bridgehead atoms. The molecule has 9 atom stereocenters. The normalized spacial score (nSPS) is 36.9. The molecule has 0 saturated heterocycles. The number of fused-ring (bicyclic) bond motifs is 6. The maximum absolute atomic E-state index is 14.5. The van der Waals surface area contributed by atoms with E-state index >= 15 is 0 Å². The van der Waals surface area contributed by atoms with Gasteiger partial charge < -0.3 is 23.7 Å². The second-order valence-electron chi connectivity index (χ2n) is 13.2. The molecule has 3 aliphatic carbocycles. The molecule has 41 heavy (non-hydrogen) atoms. The first-order chi connectivity index (χ1) is 19.2.